The minimum Gasteiger partial charge on any atom is -0.450 e. The Labute approximate surface area is 170 Å². The first-order valence-corrected chi connectivity index (χ1v) is 9.86. The molecule has 0 unspecified atom stereocenters. The maximum atomic E-state index is 11.8. The maximum absolute atomic E-state index is 11.8. The van der Waals surface area contributed by atoms with Gasteiger partial charge in [-0.25, -0.2) is 9.78 Å². The van der Waals surface area contributed by atoms with Crippen molar-refractivity contribution in [2.24, 2.45) is 0 Å². The molecule has 1 fully saturated rings. The molecule has 3 rings (SSSR count). The Kier molecular flexibility index (Phi) is 6.64. The molecule has 1 saturated heterocycles. The van der Waals surface area contributed by atoms with Gasteiger partial charge in [0.05, 0.1) is 6.61 Å². The van der Waals surface area contributed by atoms with E-state index in [2.05, 4.69) is 20.6 Å². The number of benzene rings is 1. The van der Waals surface area contributed by atoms with E-state index in [1.54, 1.807) is 24.0 Å². The van der Waals surface area contributed by atoms with Gasteiger partial charge < -0.3 is 20.3 Å². The zero-order valence-corrected chi connectivity index (χ0v) is 17.1. The summed E-state index contributed by atoms with van der Waals surface area (Å²) in [5.41, 5.74) is 2.32. The number of Topliss-reactive ketones (excluding diaryl/α,β-unsaturated/α-hetero) is 1. The molecule has 154 valence electrons. The Bertz CT molecular complexity index is 861. The lowest BCUT2D eigenvalue weighted by molar-refractivity contribution is 0.0981. The highest BCUT2D eigenvalue weighted by Gasteiger charge is 2.23. The van der Waals surface area contributed by atoms with Gasteiger partial charge in [-0.3, -0.25) is 4.79 Å². The second kappa shape index (κ2) is 9.36. The number of aromatic nitrogens is 2. The smallest absolute Gasteiger partial charge is 0.409 e. The lowest BCUT2D eigenvalue weighted by Crippen LogP contribution is -2.42. The molecule has 1 aliphatic heterocycles. The summed E-state index contributed by atoms with van der Waals surface area (Å²) in [6, 6.07) is 9.36. The van der Waals surface area contributed by atoms with E-state index in [1.807, 2.05) is 32.0 Å². The number of aryl methyl sites for hydroxylation is 1. The Balaban J connectivity index is 1.61. The third-order valence-electron chi connectivity index (χ3n) is 4.77. The summed E-state index contributed by atoms with van der Waals surface area (Å²) in [5, 5.41) is 6.63. The summed E-state index contributed by atoms with van der Waals surface area (Å²) in [6.07, 6.45) is 1.42. The highest BCUT2D eigenvalue weighted by molar-refractivity contribution is 5.94. The van der Waals surface area contributed by atoms with Crippen molar-refractivity contribution in [3.05, 3.63) is 41.6 Å². The van der Waals surface area contributed by atoms with Crippen molar-refractivity contribution in [2.75, 3.05) is 30.3 Å². The Hall–Kier alpha value is -3.16. The number of ether oxygens (including phenoxy) is 1. The summed E-state index contributed by atoms with van der Waals surface area (Å²) in [5.74, 6) is 1.27. The molecule has 0 spiro atoms. The fourth-order valence-electron chi connectivity index (χ4n) is 3.25. The highest BCUT2D eigenvalue weighted by atomic mass is 16.6. The first-order chi connectivity index (χ1) is 13.9. The van der Waals surface area contributed by atoms with Crippen molar-refractivity contribution in [1.82, 2.24) is 14.9 Å². The van der Waals surface area contributed by atoms with Crippen LogP contribution in [-0.2, 0) is 4.74 Å². The lowest BCUT2D eigenvalue weighted by atomic mass is 10.1. The second-order valence-electron chi connectivity index (χ2n) is 7.08. The van der Waals surface area contributed by atoms with Gasteiger partial charge in [0, 0.05) is 42.1 Å². The standard InChI is InChI=1S/C21H27N5O3/c1-4-29-21(28)26-11-9-18(10-12-26)23-19-13-14(2)22-20(25-19)24-17-7-5-16(6-8-17)15(3)27/h5-8,13,18H,4,9-12H2,1-3H3,(H2,22,23,24,25). The van der Waals surface area contributed by atoms with E-state index in [-0.39, 0.29) is 17.9 Å². The number of carbonyl (C=O) groups excluding carboxylic acids is 2. The van der Waals surface area contributed by atoms with E-state index in [9.17, 15) is 9.59 Å². The molecule has 0 radical (unpaired) electrons. The molecular formula is C21H27N5O3. The Morgan fingerprint density at radius 3 is 2.48 bits per heavy atom. The molecule has 8 heteroatoms. The largest absolute Gasteiger partial charge is 0.450 e. The molecule has 8 nitrogen and oxygen atoms in total. The van der Waals surface area contributed by atoms with E-state index in [0.717, 1.165) is 30.0 Å². The molecular weight excluding hydrogens is 370 g/mol. The monoisotopic (exact) mass is 397 g/mol. The molecule has 1 aliphatic rings. The van der Waals surface area contributed by atoms with Crippen LogP contribution in [0.3, 0.4) is 0 Å². The average molecular weight is 397 g/mol. The first kappa shape index (κ1) is 20.6. The molecule has 29 heavy (non-hydrogen) atoms. The molecule has 0 bridgehead atoms. The highest BCUT2D eigenvalue weighted by Crippen LogP contribution is 2.20. The number of hydrogen-bond acceptors (Lipinski definition) is 7. The minimum atomic E-state index is -0.244. The van der Waals surface area contributed by atoms with Crippen molar-refractivity contribution in [3.8, 4) is 0 Å². The zero-order valence-electron chi connectivity index (χ0n) is 17.1. The molecule has 1 aromatic heterocycles. The number of nitrogens with zero attached hydrogens (tertiary/aromatic N) is 3. The fourth-order valence-corrected chi connectivity index (χ4v) is 3.25. The summed E-state index contributed by atoms with van der Waals surface area (Å²) in [7, 11) is 0. The number of piperidine rings is 1. The van der Waals surface area contributed by atoms with E-state index in [0.29, 0.717) is 31.2 Å². The van der Waals surface area contributed by atoms with Crippen molar-refractivity contribution < 1.29 is 14.3 Å². The van der Waals surface area contributed by atoms with Gasteiger partial charge in [-0.2, -0.15) is 4.98 Å². The molecule has 0 aliphatic carbocycles. The van der Waals surface area contributed by atoms with Gasteiger partial charge in [0.25, 0.3) is 0 Å². The molecule has 0 atom stereocenters. The summed E-state index contributed by atoms with van der Waals surface area (Å²) in [6.45, 7) is 6.99. The van der Waals surface area contributed by atoms with Gasteiger partial charge in [-0.05, 0) is 57.9 Å². The number of amides is 1. The van der Waals surface area contributed by atoms with E-state index in [4.69, 9.17) is 4.74 Å². The van der Waals surface area contributed by atoms with Crippen LogP contribution in [0.1, 0.15) is 42.7 Å². The van der Waals surface area contributed by atoms with Crippen molar-refractivity contribution >= 4 is 29.3 Å². The topological polar surface area (TPSA) is 96.5 Å². The van der Waals surface area contributed by atoms with Crippen LogP contribution in [0, 0.1) is 6.92 Å². The number of nitrogens with one attached hydrogen (secondary N) is 2. The maximum Gasteiger partial charge on any atom is 0.409 e. The Morgan fingerprint density at radius 2 is 1.86 bits per heavy atom. The quantitative estimate of drug-likeness (QED) is 0.716. The van der Waals surface area contributed by atoms with Crippen LogP contribution in [0.5, 0.6) is 0 Å². The van der Waals surface area contributed by atoms with Gasteiger partial charge >= 0.3 is 6.09 Å². The third-order valence-corrected chi connectivity index (χ3v) is 4.77. The van der Waals surface area contributed by atoms with Gasteiger partial charge in [-0.1, -0.05) is 0 Å². The number of rotatable bonds is 6. The number of hydrogen-bond donors (Lipinski definition) is 2. The van der Waals surface area contributed by atoms with Crippen molar-refractivity contribution in [3.63, 3.8) is 0 Å². The SMILES string of the molecule is CCOC(=O)N1CCC(Nc2cc(C)nc(Nc3ccc(C(C)=O)cc3)n2)CC1. The van der Waals surface area contributed by atoms with Crippen LogP contribution in [0.2, 0.25) is 0 Å². The normalized spacial score (nSPS) is 14.4. The van der Waals surface area contributed by atoms with Gasteiger partial charge in [0.15, 0.2) is 5.78 Å². The van der Waals surface area contributed by atoms with E-state index >= 15 is 0 Å². The third kappa shape index (κ3) is 5.66. The van der Waals surface area contributed by atoms with Gasteiger partial charge in [-0.15, -0.1) is 0 Å². The van der Waals surface area contributed by atoms with Crippen LogP contribution in [0.25, 0.3) is 0 Å². The van der Waals surface area contributed by atoms with Crippen LogP contribution in [0.4, 0.5) is 22.2 Å². The van der Waals surface area contributed by atoms with Crippen LogP contribution < -0.4 is 10.6 Å². The van der Waals surface area contributed by atoms with Crippen molar-refractivity contribution in [1.29, 1.82) is 0 Å². The predicted molar refractivity (Wildman–Crippen MR) is 112 cm³/mol. The van der Waals surface area contributed by atoms with Crippen LogP contribution in [0.15, 0.2) is 30.3 Å². The average Bonchev–Trinajstić information content (AvgIpc) is 2.68. The molecule has 2 N–H and O–H groups in total. The first-order valence-electron chi connectivity index (χ1n) is 9.86. The lowest BCUT2D eigenvalue weighted by Gasteiger charge is -2.31. The fraction of sp³-hybridized carbons (Fsp3) is 0.429. The van der Waals surface area contributed by atoms with Crippen LogP contribution in [-0.4, -0.2) is 52.5 Å². The molecule has 2 aromatic rings. The molecule has 1 amide bonds. The van der Waals surface area contributed by atoms with Crippen LogP contribution >= 0.6 is 0 Å². The summed E-state index contributed by atoms with van der Waals surface area (Å²) >= 11 is 0. The number of carbonyl (C=O) groups is 2. The van der Waals surface area contributed by atoms with Gasteiger partial charge in [0.2, 0.25) is 5.95 Å². The molecule has 1 aromatic carbocycles. The predicted octanol–water partition coefficient (Wildman–Crippen LogP) is 3.76. The van der Waals surface area contributed by atoms with E-state index < -0.39 is 0 Å². The second-order valence-corrected chi connectivity index (χ2v) is 7.08. The summed E-state index contributed by atoms with van der Waals surface area (Å²) < 4.78 is 5.06. The number of likely N-dealkylation sites (tertiary alicyclic amines) is 1. The minimum absolute atomic E-state index is 0.0313. The Morgan fingerprint density at radius 1 is 1.17 bits per heavy atom. The van der Waals surface area contributed by atoms with Gasteiger partial charge in [0.1, 0.15) is 5.82 Å². The number of ketones is 1. The number of anilines is 3. The molecule has 0 saturated carbocycles. The zero-order chi connectivity index (χ0) is 20.8. The summed E-state index contributed by atoms with van der Waals surface area (Å²) in [4.78, 5) is 34.0. The molecule has 2 heterocycles. The van der Waals surface area contributed by atoms with E-state index in [1.165, 1.54) is 0 Å². The van der Waals surface area contributed by atoms with Crippen molar-refractivity contribution in [2.45, 2.75) is 39.7 Å².